The standard InChI is InChI=1S/C16H18BrNO2/c1-16(11-19,12-4-3-5-13(17)10-12)18-14-6-8-15(20-2)9-7-14/h3-10,18-19H,11H2,1-2H3. The first-order valence-corrected chi connectivity index (χ1v) is 7.16. The lowest BCUT2D eigenvalue weighted by Crippen LogP contribution is -2.35. The summed E-state index contributed by atoms with van der Waals surface area (Å²) < 4.78 is 6.13. The van der Waals surface area contributed by atoms with Crippen molar-refractivity contribution in [3.8, 4) is 5.75 Å². The summed E-state index contributed by atoms with van der Waals surface area (Å²) in [6.07, 6.45) is 0. The summed E-state index contributed by atoms with van der Waals surface area (Å²) in [6, 6.07) is 15.6. The summed E-state index contributed by atoms with van der Waals surface area (Å²) in [6.45, 7) is 1.97. The average Bonchev–Trinajstić information content (AvgIpc) is 2.48. The van der Waals surface area contributed by atoms with E-state index >= 15 is 0 Å². The number of hydrogen-bond acceptors (Lipinski definition) is 3. The lowest BCUT2D eigenvalue weighted by Gasteiger charge is -2.30. The van der Waals surface area contributed by atoms with Crippen LogP contribution in [0.15, 0.2) is 53.0 Å². The molecule has 20 heavy (non-hydrogen) atoms. The average molecular weight is 336 g/mol. The molecule has 1 atom stereocenters. The highest BCUT2D eigenvalue weighted by molar-refractivity contribution is 9.10. The largest absolute Gasteiger partial charge is 0.497 e. The Morgan fingerprint density at radius 2 is 1.90 bits per heavy atom. The Bertz CT molecular complexity index is 571. The zero-order valence-corrected chi connectivity index (χ0v) is 13.1. The van der Waals surface area contributed by atoms with Gasteiger partial charge in [-0.05, 0) is 48.9 Å². The van der Waals surface area contributed by atoms with Crippen LogP contribution in [-0.2, 0) is 5.54 Å². The van der Waals surface area contributed by atoms with E-state index in [4.69, 9.17) is 4.74 Å². The predicted molar refractivity (Wildman–Crippen MR) is 85.2 cm³/mol. The molecule has 0 saturated carbocycles. The lowest BCUT2D eigenvalue weighted by molar-refractivity contribution is 0.224. The maximum absolute atomic E-state index is 9.79. The quantitative estimate of drug-likeness (QED) is 0.873. The van der Waals surface area contributed by atoms with E-state index in [1.165, 1.54) is 0 Å². The molecular weight excluding hydrogens is 318 g/mol. The Balaban J connectivity index is 2.26. The van der Waals surface area contributed by atoms with Crippen molar-refractivity contribution in [2.75, 3.05) is 19.0 Å². The monoisotopic (exact) mass is 335 g/mol. The summed E-state index contributed by atoms with van der Waals surface area (Å²) in [5.74, 6) is 0.809. The van der Waals surface area contributed by atoms with Gasteiger partial charge in [-0.25, -0.2) is 0 Å². The van der Waals surface area contributed by atoms with Crippen LogP contribution in [0.4, 0.5) is 5.69 Å². The van der Waals surface area contributed by atoms with Crippen molar-refractivity contribution < 1.29 is 9.84 Å². The number of aliphatic hydroxyl groups excluding tert-OH is 1. The molecule has 106 valence electrons. The summed E-state index contributed by atoms with van der Waals surface area (Å²) in [5, 5.41) is 13.2. The van der Waals surface area contributed by atoms with Crippen LogP contribution in [0.5, 0.6) is 5.75 Å². The Hall–Kier alpha value is -1.52. The number of ether oxygens (including phenoxy) is 1. The number of halogens is 1. The SMILES string of the molecule is COc1ccc(NC(C)(CO)c2cccc(Br)c2)cc1. The first kappa shape index (κ1) is 14.9. The zero-order valence-electron chi connectivity index (χ0n) is 11.6. The van der Waals surface area contributed by atoms with E-state index in [2.05, 4.69) is 21.2 Å². The van der Waals surface area contributed by atoms with E-state index in [0.717, 1.165) is 21.5 Å². The molecule has 2 aromatic carbocycles. The Kier molecular flexibility index (Phi) is 4.68. The fraction of sp³-hybridized carbons (Fsp3) is 0.250. The van der Waals surface area contributed by atoms with Gasteiger partial charge in [-0.1, -0.05) is 28.1 Å². The van der Waals surface area contributed by atoms with E-state index in [-0.39, 0.29) is 6.61 Å². The van der Waals surface area contributed by atoms with Gasteiger partial charge in [0.1, 0.15) is 5.75 Å². The third-order valence-corrected chi connectivity index (χ3v) is 3.78. The van der Waals surface area contributed by atoms with E-state index in [0.29, 0.717) is 0 Å². The molecule has 0 aliphatic heterocycles. The van der Waals surface area contributed by atoms with Crippen LogP contribution in [0.1, 0.15) is 12.5 Å². The van der Waals surface area contributed by atoms with Crippen LogP contribution in [0.25, 0.3) is 0 Å². The van der Waals surface area contributed by atoms with Crippen LogP contribution in [0.2, 0.25) is 0 Å². The molecule has 2 rings (SSSR count). The molecule has 0 radical (unpaired) electrons. The first-order chi connectivity index (χ1) is 9.57. The molecule has 0 saturated heterocycles. The Morgan fingerprint density at radius 1 is 1.20 bits per heavy atom. The summed E-state index contributed by atoms with van der Waals surface area (Å²) in [5.41, 5.74) is 1.41. The summed E-state index contributed by atoms with van der Waals surface area (Å²) in [4.78, 5) is 0. The molecule has 0 spiro atoms. The third-order valence-electron chi connectivity index (χ3n) is 3.29. The molecule has 2 aromatic rings. The van der Waals surface area contributed by atoms with E-state index in [9.17, 15) is 5.11 Å². The number of aliphatic hydroxyl groups is 1. The second kappa shape index (κ2) is 6.29. The van der Waals surface area contributed by atoms with Crippen molar-refractivity contribution in [2.45, 2.75) is 12.5 Å². The molecule has 0 aliphatic carbocycles. The fourth-order valence-corrected chi connectivity index (χ4v) is 2.43. The van der Waals surface area contributed by atoms with Gasteiger partial charge in [0.25, 0.3) is 0 Å². The van der Waals surface area contributed by atoms with Crippen molar-refractivity contribution in [1.82, 2.24) is 0 Å². The highest BCUT2D eigenvalue weighted by atomic mass is 79.9. The molecule has 0 heterocycles. The maximum atomic E-state index is 9.79. The van der Waals surface area contributed by atoms with Crippen LogP contribution >= 0.6 is 15.9 Å². The molecule has 1 unspecified atom stereocenters. The van der Waals surface area contributed by atoms with Gasteiger partial charge < -0.3 is 15.2 Å². The number of hydrogen-bond donors (Lipinski definition) is 2. The van der Waals surface area contributed by atoms with Gasteiger partial charge >= 0.3 is 0 Å². The number of methoxy groups -OCH3 is 1. The number of rotatable bonds is 5. The van der Waals surface area contributed by atoms with E-state index in [1.54, 1.807) is 7.11 Å². The number of benzene rings is 2. The molecule has 0 aromatic heterocycles. The van der Waals surface area contributed by atoms with Gasteiger partial charge in [-0.15, -0.1) is 0 Å². The third kappa shape index (κ3) is 3.32. The van der Waals surface area contributed by atoms with Crippen molar-refractivity contribution in [2.24, 2.45) is 0 Å². The number of nitrogens with one attached hydrogen (secondary N) is 1. The van der Waals surface area contributed by atoms with Crippen LogP contribution in [0.3, 0.4) is 0 Å². The van der Waals surface area contributed by atoms with Gasteiger partial charge in [-0.3, -0.25) is 0 Å². The predicted octanol–water partition coefficient (Wildman–Crippen LogP) is 3.78. The highest BCUT2D eigenvalue weighted by Crippen LogP contribution is 2.28. The molecule has 0 bridgehead atoms. The molecular formula is C16H18BrNO2. The molecule has 3 nitrogen and oxygen atoms in total. The minimum Gasteiger partial charge on any atom is -0.497 e. The van der Waals surface area contributed by atoms with E-state index in [1.807, 2.05) is 55.5 Å². The molecule has 0 aliphatic rings. The minimum atomic E-state index is -0.543. The van der Waals surface area contributed by atoms with Gasteiger partial charge in [0.15, 0.2) is 0 Å². The zero-order chi connectivity index (χ0) is 14.6. The summed E-state index contributed by atoms with van der Waals surface area (Å²) in [7, 11) is 1.64. The Morgan fingerprint density at radius 3 is 2.45 bits per heavy atom. The van der Waals surface area contributed by atoms with Crippen molar-refractivity contribution in [3.05, 3.63) is 58.6 Å². The van der Waals surface area contributed by atoms with Gasteiger partial charge in [0, 0.05) is 10.2 Å². The Labute approximate surface area is 127 Å². The van der Waals surface area contributed by atoms with Crippen molar-refractivity contribution >= 4 is 21.6 Å². The molecule has 0 fully saturated rings. The molecule has 2 N–H and O–H groups in total. The van der Waals surface area contributed by atoms with E-state index < -0.39 is 5.54 Å². The smallest absolute Gasteiger partial charge is 0.119 e. The summed E-state index contributed by atoms with van der Waals surface area (Å²) >= 11 is 3.46. The fourth-order valence-electron chi connectivity index (χ4n) is 2.03. The second-order valence-electron chi connectivity index (χ2n) is 4.85. The first-order valence-electron chi connectivity index (χ1n) is 6.36. The van der Waals surface area contributed by atoms with Gasteiger partial charge in [0.2, 0.25) is 0 Å². The molecule has 0 amide bonds. The van der Waals surface area contributed by atoms with Crippen LogP contribution < -0.4 is 10.1 Å². The van der Waals surface area contributed by atoms with Crippen molar-refractivity contribution in [1.29, 1.82) is 0 Å². The minimum absolute atomic E-state index is 0.00448. The highest BCUT2D eigenvalue weighted by Gasteiger charge is 2.25. The number of anilines is 1. The van der Waals surface area contributed by atoms with Crippen molar-refractivity contribution in [3.63, 3.8) is 0 Å². The topological polar surface area (TPSA) is 41.5 Å². The second-order valence-corrected chi connectivity index (χ2v) is 5.77. The van der Waals surface area contributed by atoms with Gasteiger partial charge in [0.05, 0.1) is 19.3 Å². The maximum Gasteiger partial charge on any atom is 0.119 e. The normalized spacial score (nSPS) is 13.6. The van der Waals surface area contributed by atoms with Gasteiger partial charge in [-0.2, -0.15) is 0 Å². The lowest BCUT2D eigenvalue weighted by atomic mass is 9.92. The molecule has 4 heteroatoms. The van der Waals surface area contributed by atoms with Crippen LogP contribution in [-0.4, -0.2) is 18.8 Å². The van der Waals surface area contributed by atoms with Crippen LogP contribution in [0, 0.1) is 0 Å².